The molecule has 3 aromatic rings. The summed E-state index contributed by atoms with van der Waals surface area (Å²) in [6.07, 6.45) is 0.511. The van der Waals surface area contributed by atoms with Crippen molar-refractivity contribution >= 4 is 16.9 Å². The summed E-state index contributed by atoms with van der Waals surface area (Å²) < 4.78 is 10.5. The number of ether oxygens (including phenoxy) is 1. The molecule has 0 unspecified atom stereocenters. The van der Waals surface area contributed by atoms with Crippen LogP contribution in [0.1, 0.15) is 35.6 Å². The predicted octanol–water partition coefficient (Wildman–Crippen LogP) is 3.93. The van der Waals surface area contributed by atoms with E-state index in [1.807, 2.05) is 49.2 Å². The maximum absolute atomic E-state index is 12.0. The second kappa shape index (κ2) is 9.59. The minimum absolute atomic E-state index is 0.0560. The average Bonchev–Trinajstić information content (AvgIpc) is 2.70. The van der Waals surface area contributed by atoms with Crippen molar-refractivity contribution in [2.75, 3.05) is 13.7 Å². The first kappa shape index (κ1) is 21.6. The lowest BCUT2D eigenvalue weighted by Crippen LogP contribution is -2.18. The lowest BCUT2D eigenvalue weighted by molar-refractivity contribution is -0.143. The molecular formula is C24H27NO5. The zero-order chi connectivity index (χ0) is 21.7. The second-order valence-electron chi connectivity index (χ2n) is 7.45. The Morgan fingerprint density at radius 1 is 1.17 bits per heavy atom. The molecule has 2 aromatic carbocycles. The van der Waals surface area contributed by atoms with E-state index in [0.717, 1.165) is 16.5 Å². The summed E-state index contributed by atoms with van der Waals surface area (Å²) in [5.74, 6) is -0.253. The summed E-state index contributed by atoms with van der Waals surface area (Å²) in [6.45, 7) is 4.98. The molecular weight excluding hydrogens is 382 g/mol. The van der Waals surface area contributed by atoms with Crippen molar-refractivity contribution in [2.24, 2.45) is 0 Å². The summed E-state index contributed by atoms with van der Waals surface area (Å²) in [6, 6.07) is 13.2. The Morgan fingerprint density at radius 3 is 2.60 bits per heavy atom. The van der Waals surface area contributed by atoms with Crippen molar-refractivity contribution in [3.63, 3.8) is 0 Å². The maximum Gasteiger partial charge on any atom is 0.336 e. The van der Waals surface area contributed by atoms with Gasteiger partial charge < -0.3 is 14.3 Å². The van der Waals surface area contributed by atoms with Gasteiger partial charge >= 0.3 is 11.6 Å². The summed E-state index contributed by atoms with van der Waals surface area (Å²) in [7, 11) is 1.94. The Hall–Kier alpha value is -3.12. The van der Waals surface area contributed by atoms with Crippen LogP contribution in [-0.2, 0) is 29.0 Å². The first-order valence-corrected chi connectivity index (χ1v) is 10.0. The Balaban J connectivity index is 1.98. The molecule has 6 heteroatoms. The van der Waals surface area contributed by atoms with E-state index in [1.165, 1.54) is 6.07 Å². The molecule has 158 valence electrons. The minimum Gasteiger partial charge on any atom is -0.507 e. The largest absolute Gasteiger partial charge is 0.507 e. The Morgan fingerprint density at radius 2 is 1.90 bits per heavy atom. The topological polar surface area (TPSA) is 80.0 Å². The number of phenols is 1. The van der Waals surface area contributed by atoms with Crippen LogP contribution in [0, 0.1) is 6.92 Å². The van der Waals surface area contributed by atoms with Crippen molar-refractivity contribution in [3.8, 4) is 5.75 Å². The zero-order valence-corrected chi connectivity index (χ0v) is 17.6. The van der Waals surface area contributed by atoms with Gasteiger partial charge in [-0.15, -0.1) is 0 Å². The number of esters is 1. The fourth-order valence-corrected chi connectivity index (χ4v) is 3.59. The van der Waals surface area contributed by atoms with E-state index in [-0.39, 0.29) is 18.1 Å². The van der Waals surface area contributed by atoms with Crippen molar-refractivity contribution < 1.29 is 19.1 Å². The predicted molar refractivity (Wildman–Crippen MR) is 115 cm³/mol. The SMILES string of the molecule is CCOC(=O)CCc1cc2c(C)cc(=O)oc2c(CN(C)Cc2ccccc2)c1O. The van der Waals surface area contributed by atoms with Gasteiger partial charge in [0.25, 0.3) is 0 Å². The first-order valence-electron chi connectivity index (χ1n) is 10.0. The maximum atomic E-state index is 12.0. The van der Waals surface area contributed by atoms with E-state index in [2.05, 4.69) is 0 Å². The van der Waals surface area contributed by atoms with Gasteiger partial charge in [0.05, 0.1) is 12.2 Å². The summed E-state index contributed by atoms with van der Waals surface area (Å²) in [5.41, 5.74) is 3.02. The molecule has 30 heavy (non-hydrogen) atoms. The number of carbonyl (C=O) groups excluding carboxylic acids is 1. The van der Waals surface area contributed by atoms with Crippen LogP contribution in [0.15, 0.2) is 51.7 Å². The average molecular weight is 409 g/mol. The third-order valence-corrected chi connectivity index (χ3v) is 5.02. The van der Waals surface area contributed by atoms with Gasteiger partial charge in [0.15, 0.2) is 0 Å². The summed E-state index contributed by atoms with van der Waals surface area (Å²) in [4.78, 5) is 25.8. The van der Waals surface area contributed by atoms with E-state index in [9.17, 15) is 14.7 Å². The van der Waals surface area contributed by atoms with Crippen LogP contribution in [0.2, 0.25) is 0 Å². The van der Waals surface area contributed by atoms with E-state index in [4.69, 9.17) is 9.15 Å². The monoisotopic (exact) mass is 409 g/mol. The number of aryl methyl sites for hydroxylation is 2. The van der Waals surface area contributed by atoms with Crippen molar-refractivity contribution in [3.05, 3.63) is 75.1 Å². The minimum atomic E-state index is -0.453. The third kappa shape index (κ3) is 5.07. The van der Waals surface area contributed by atoms with Crippen LogP contribution in [0.5, 0.6) is 5.75 Å². The molecule has 0 aliphatic carbocycles. The standard InChI is InChI=1S/C24H27NO5/c1-4-29-21(26)11-10-18-13-19-16(2)12-22(27)30-24(19)20(23(18)28)15-25(3)14-17-8-6-5-7-9-17/h5-9,12-13,28H,4,10-11,14-15H2,1-3H3. The molecule has 0 fully saturated rings. The highest BCUT2D eigenvalue weighted by Crippen LogP contribution is 2.34. The highest BCUT2D eigenvalue weighted by Gasteiger charge is 2.19. The van der Waals surface area contributed by atoms with E-state index in [0.29, 0.717) is 42.8 Å². The van der Waals surface area contributed by atoms with Crippen LogP contribution in [0.3, 0.4) is 0 Å². The number of carbonyl (C=O) groups is 1. The molecule has 1 heterocycles. The lowest BCUT2D eigenvalue weighted by atomic mass is 9.98. The van der Waals surface area contributed by atoms with Crippen molar-refractivity contribution in [2.45, 2.75) is 39.8 Å². The molecule has 1 N–H and O–H groups in total. The lowest BCUT2D eigenvalue weighted by Gasteiger charge is -2.20. The van der Waals surface area contributed by atoms with E-state index < -0.39 is 5.63 Å². The number of benzene rings is 2. The van der Waals surface area contributed by atoms with Gasteiger partial charge in [-0.25, -0.2) is 4.79 Å². The Labute approximate surface area is 175 Å². The fraction of sp³-hybridized carbons (Fsp3) is 0.333. The van der Waals surface area contributed by atoms with Gasteiger partial charge in [-0.1, -0.05) is 30.3 Å². The molecule has 0 aliphatic rings. The van der Waals surface area contributed by atoms with Crippen LogP contribution in [0.4, 0.5) is 0 Å². The molecule has 3 rings (SSSR count). The summed E-state index contributed by atoms with van der Waals surface area (Å²) in [5, 5.41) is 11.7. The molecule has 0 aliphatic heterocycles. The first-order chi connectivity index (χ1) is 14.4. The van der Waals surface area contributed by atoms with Crippen LogP contribution in [-0.4, -0.2) is 29.6 Å². The zero-order valence-electron chi connectivity index (χ0n) is 17.6. The van der Waals surface area contributed by atoms with Crippen LogP contribution >= 0.6 is 0 Å². The quantitative estimate of drug-likeness (QED) is 0.448. The smallest absolute Gasteiger partial charge is 0.336 e. The van der Waals surface area contributed by atoms with E-state index in [1.54, 1.807) is 13.0 Å². The van der Waals surface area contributed by atoms with Gasteiger partial charge in [-0.3, -0.25) is 9.69 Å². The van der Waals surface area contributed by atoms with Gasteiger partial charge in [-0.2, -0.15) is 0 Å². The molecule has 6 nitrogen and oxygen atoms in total. The van der Waals surface area contributed by atoms with Gasteiger partial charge in [-0.05, 0) is 50.1 Å². The van der Waals surface area contributed by atoms with Crippen LogP contribution in [0.25, 0.3) is 11.0 Å². The highest BCUT2D eigenvalue weighted by molar-refractivity contribution is 5.86. The summed E-state index contributed by atoms with van der Waals surface area (Å²) >= 11 is 0. The molecule has 0 saturated heterocycles. The number of phenolic OH excluding ortho intramolecular Hbond substituents is 1. The second-order valence-corrected chi connectivity index (χ2v) is 7.45. The molecule has 1 aromatic heterocycles. The van der Waals surface area contributed by atoms with Gasteiger partial charge in [0, 0.05) is 31.0 Å². The van der Waals surface area contributed by atoms with Crippen LogP contribution < -0.4 is 5.63 Å². The number of hydrogen-bond acceptors (Lipinski definition) is 6. The van der Waals surface area contributed by atoms with Crippen molar-refractivity contribution in [1.82, 2.24) is 4.90 Å². The molecule has 0 spiro atoms. The van der Waals surface area contributed by atoms with Gasteiger partial charge in [0.2, 0.25) is 0 Å². The molecule has 0 amide bonds. The third-order valence-electron chi connectivity index (χ3n) is 5.02. The molecule has 0 bridgehead atoms. The highest BCUT2D eigenvalue weighted by atomic mass is 16.5. The number of nitrogens with zero attached hydrogens (tertiary/aromatic N) is 1. The number of aromatic hydroxyl groups is 1. The van der Waals surface area contributed by atoms with E-state index >= 15 is 0 Å². The number of hydrogen-bond donors (Lipinski definition) is 1. The Kier molecular flexibility index (Phi) is 6.90. The Bertz CT molecular complexity index is 1090. The molecule has 0 radical (unpaired) electrons. The number of fused-ring (bicyclic) bond motifs is 1. The molecule has 0 atom stereocenters. The fourth-order valence-electron chi connectivity index (χ4n) is 3.59. The molecule has 0 saturated carbocycles. The van der Waals surface area contributed by atoms with Gasteiger partial charge in [0.1, 0.15) is 11.3 Å². The van der Waals surface area contributed by atoms with Crippen molar-refractivity contribution in [1.29, 1.82) is 0 Å². The normalized spacial score (nSPS) is 11.2. The number of rotatable bonds is 8.